The van der Waals surface area contributed by atoms with Crippen molar-refractivity contribution in [1.82, 2.24) is 0 Å². The summed E-state index contributed by atoms with van der Waals surface area (Å²) in [5.41, 5.74) is 23.7. The molecule has 0 fully saturated rings. The van der Waals surface area contributed by atoms with Crippen LogP contribution in [0.1, 0.15) is 187 Å². The highest BCUT2D eigenvalue weighted by Gasteiger charge is 2.50. The van der Waals surface area contributed by atoms with Gasteiger partial charge in [0, 0.05) is 43.3 Å². The number of nitrogens with zero attached hydrogens (tertiary/aromatic N) is 2. The fraction of sp³-hybridized carbons (Fsp3) is 0.500. The SMILES string of the molecule is Cc1cc(C(C)(C)C)ccc1N1c2cc([Si](C)(C)C)cc3c2B(c2cc4c(cc2N3c2ccc3c(c2)C(C)(C)CCC3(C)C)C(C)(C)CCC4(C)C)c2sc3cc4c(cc3c21)C(C)(C)CCC4(C)C. The van der Waals surface area contributed by atoms with Crippen molar-refractivity contribution in [3.05, 3.63) is 117 Å². The molecule has 0 spiro atoms. The third-order valence-electron chi connectivity index (χ3n) is 18.9. The van der Waals surface area contributed by atoms with Gasteiger partial charge in [0.2, 0.25) is 0 Å². The van der Waals surface area contributed by atoms with Crippen LogP contribution in [0.4, 0.5) is 34.1 Å². The van der Waals surface area contributed by atoms with Crippen LogP contribution in [0.3, 0.4) is 0 Å². The lowest BCUT2D eigenvalue weighted by atomic mass is 9.35. The molecule has 0 bridgehead atoms. The lowest BCUT2D eigenvalue weighted by Crippen LogP contribution is -2.61. The molecule has 0 atom stereocenters. The number of hydrogen-bond donors (Lipinski definition) is 0. The summed E-state index contributed by atoms with van der Waals surface area (Å²) in [6.07, 6.45) is 7.21. The van der Waals surface area contributed by atoms with Gasteiger partial charge in [-0.3, -0.25) is 0 Å². The van der Waals surface area contributed by atoms with E-state index < -0.39 is 8.07 Å². The van der Waals surface area contributed by atoms with Gasteiger partial charge in [-0.2, -0.15) is 0 Å². The first-order valence-corrected chi connectivity index (χ1v) is 31.0. The van der Waals surface area contributed by atoms with Gasteiger partial charge in [0.05, 0.1) is 13.8 Å². The lowest BCUT2D eigenvalue weighted by molar-refractivity contribution is 0.332. The first kappa shape index (κ1) is 47.3. The Bertz CT molecular complexity index is 3180. The van der Waals surface area contributed by atoms with E-state index in [4.69, 9.17) is 0 Å². The number of anilines is 6. The molecule has 0 unspecified atom stereocenters. The van der Waals surface area contributed by atoms with Crippen molar-refractivity contribution in [3.63, 3.8) is 0 Å². The number of benzene rings is 5. The highest BCUT2D eigenvalue weighted by molar-refractivity contribution is 7.33. The number of fused-ring (bicyclic) bond motifs is 9. The Labute approximate surface area is 422 Å². The largest absolute Gasteiger partial charge is 0.311 e. The van der Waals surface area contributed by atoms with E-state index in [0.717, 1.165) is 0 Å². The van der Waals surface area contributed by atoms with Crippen molar-refractivity contribution in [2.24, 2.45) is 0 Å². The van der Waals surface area contributed by atoms with E-state index >= 15 is 0 Å². The van der Waals surface area contributed by atoms with Crippen molar-refractivity contribution in [2.45, 2.75) is 207 Å². The predicted molar refractivity (Wildman–Crippen MR) is 308 cm³/mol. The minimum atomic E-state index is -1.90. The monoisotopic (exact) mass is 949 g/mol. The average Bonchev–Trinajstić information content (AvgIpc) is 3.62. The van der Waals surface area contributed by atoms with Gasteiger partial charge in [0.1, 0.15) is 0 Å². The smallest absolute Gasteiger partial charge is 0.264 e. The third-order valence-corrected chi connectivity index (χ3v) is 22.1. The van der Waals surface area contributed by atoms with Crippen LogP contribution in [0.2, 0.25) is 19.6 Å². The van der Waals surface area contributed by atoms with E-state index in [1.165, 1.54) is 131 Å². The Morgan fingerprint density at radius 2 is 1.00 bits per heavy atom. The summed E-state index contributed by atoms with van der Waals surface area (Å²) in [6, 6.07) is 31.2. The van der Waals surface area contributed by atoms with Crippen LogP contribution in [0.5, 0.6) is 0 Å². The average molecular weight is 949 g/mol. The molecule has 5 aromatic carbocycles. The molecule has 3 aliphatic carbocycles. The van der Waals surface area contributed by atoms with Crippen LogP contribution in [0.15, 0.2) is 72.8 Å². The Hall–Kier alpha value is -4.06. The highest BCUT2D eigenvalue weighted by Crippen LogP contribution is 2.55. The van der Waals surface area contributed by atoms with E-state index in [2.05, 4.69) is 224 Å². The maximum atomic E-state index is 2.79. The van der Waals surface area contributed by atoms with Gasteiger partial charge in [0.25, 0.3) is 6.71 Å². The molecule has 0 saturated carbocycles. The summed E-state index contributed by atoms with van der Waals surface area (Å²) in [4.78, 5) is 5.56. The number of aryl methyl sites for hydroxylation is 1. The summed E-state index contributed by atoms with van der Waals surface area (Å²) in [7, 11) is -1.90. The zero-order chi connectivity index (χ0) is 49.7. The number of hydrogen-bond acceptors (Lipinski definition) is 3. The molecular formula is C64H81BN2SSi. The van der Waals surface area contributed by atoms with Crippen LogP contribution < -0.4 is 30.7 Å². The Balaban J connectivity index is 1.31. The van der Waals surface area contributed by atoms with Crippen LogP contribution in [0, 0.1) is 6.92 Å². The fourth-order valence-corrected chi connectivity index (χ4v) is 16.1. The van der Waals surface area contributed by atoms with Gasteiger partial charge in [-0.05, 0) is 187 Å². The van der Waals surface area contributed by atoms with Gasteiger partial charge in [-0.25, -0.2) is 0 Å². The van der Waals surface area contributed by atoms with Crippen molar-refractivity contribution >= 4 is 91.2 Å². The predicted octanol–water partition coefficient (Wildman–Crippen LogP) is 16.2. The minimum absolute atomic E-state index is 0.0508. The first-order chi connectivity index (χ1) is 31.8. The molecule has 6 aromatic rings. The number of thiophene rings is 1. The second-order valence-corrected chi connectivity index (χ2v) is 34.9. The molecule has 2 aliphatic heterocycles. The van der Waals surface area contributed by atoms with Crippen molar-refractivity contribution < 1.29 is 0 Å². The summed E-state index contributed by atoms with van der Waals surface area (Å²) >= 11 is 2.10. The minimum Gasteiger partial charge on any atom is -0.311 e. The Morgan fingerprint density at radius 3 is 1.54 bits per heavy atom. The zero-order valence-electron chi connectivity index (χ0n) is 46.1. The van der Waals surface area contributed by atoms with Crippen molar-refractivity contribution in [3.8, 4) is 0 Å². The maximum absolute atomic E-state index is 2.79. The Morgan fingerprint density at radius 1 is 0.507 bits per heavy atom. The molecule has 69 heavy (non-hydrogen) atoms. The van der Waals surface area contributed by atoms with E-state index in [1.54, 1.807) is 16.7 Å². The van der Waals surface area contributed by atoms with Gasteiger partial charge in [-0.15, -0.1) is 11.3 Å². The fourth-order valence-electron chi connectivity index (χ4n) is 13.7. The van der Waals surface area contributed by atoms with E-state index in [-0.39, 0.29) is 44.6 Å². The second-order valence-electron chi connectivity index (χ2n) is 28.7. The molecule has 11 rings (SSSR count). The molecule has 5 aliphatic rings. The molecule has 2 nitrogen and oxygen atoms in total. The quantitative estimate of drug-likeness (QED) is 0.163. The summed E-state index contributed by atoms with van der Waals surface area (Å²) < 4.78 is 2.93. The second kappa shape index (κ2) is 14.6. The van der Waals surface area contributed by atoms with Crippen LogP contribution >= 0.6 is 11.3 Å². The first-order valence-electron chi connectivity index (χ1n) is 26.7. The van der Waals surface area contributed by atoms with Gasteiger partial charge < -0.3 is 9.80 Å². The third kappa shape index (κ3) is 7.02. The lowest BCUT2D eigenvalue weighted by Gasteiger charge is -2.48. The van der Waals surface area contributed by atoms with Crippen LogP contribution in [0.25, 0.3) is 10.1 Å². The van der Waals surface area contributed by atoms with Crippen molar-refractivity contribution in [1.29, 1.82) is 0 Å². The molecule has 0 N–H and O–H groups in total. The normalized spacial score (nSPS) is 20.9. The van der Waals surface area contributed by atoms with E-state index in [1.807, 2.05) is 0 Å². The standard InChI is InChI=1S/C64H81BN2SSi/c1-38-30-39(58(2,3)4)20-23-50(38)67-53-33-41(69(17,18)19)32-52-55(53)65(57-56(67)42-34-45-48(37-54(42)68-57)64(15,16)29-26-61(45,9)10)49-35-46-47(63(13,14)28-27-62(46,11)12)36-51(49)66(52)40-21-22-43-44(31-40)60(7,8)25-24-59(43,5)6/h20-23,30-37H,24-29H2,1-19H3. The highest BCUT2D eigenvalue weighted by atomic mass is 32.1. The molecular weight excluding hydrogens is 868 g/mol. The topological polar surface area (TPSA) is 6.48 Å². The van der Waals surface area contributed by atoms with E-state index in [9.17, 15) is 0 Å². The molecule has 360 valence electrons. The molecule has 0 radical (unpaired) electrons. The van der Waals surface area contributed by atoms with Crippen LogP contribution in [-0.2, 0) is 37.9 Å². The van der Waals surface area contributed by atoms with Gasteiger partial charge in [0.15, 0.2) is 0 Å². The van der Waals surface area contributed by atoms with Gasteiger partial charge in [-0.1, -0.05) is 153 Å². The van der Waals surface area contributed by atoms with Crippen LogP contribution in [-0.4, -0.2) is 14.8 Å². The summed E-state index contributed by atoms with van der Waals surface area (Å²) in [6.45, 7) is 47.2. The summed E-state index contributed by atoms with van der Waals surface area (Å²) in [5.74, 6) is 0. The summed E-state index contributed by atoms with van der Waals surface area (Å²) in [5, 5.41) is 2.94. The zero-order valence-corrected chi connectivity index (χ0v) is 47.9. The van der Waals surface area contributed by atoms with Crippen molar-refractivity contribution in [2.75, 3.05) is 9.80 Å². The molecule has 1 aromatic heterocycles. The Kier molecular flexibility index (Phi) is 9.97. The number of rotatable bonds is 3. The van der Waals surface area contributed by atoms with Gasteiger partial charge >= 0.3 is 0 Å². The molecule has 3 heterocycles. The molecule has 0 saturated heterocycles. The maximum Gasteiger partial charge on any atom is 0.264 e. The van der Waals surface area contributed by atoms with E-state index in [0.29, 0.717) is 0 Å². The molecule has 5 heteroatoms. The molecule has 0 amide bonds.